The van der Waals surface area contributed by atoms with Crippen molar-refractivity contribution in [2.45, 2.75) is 52.2 Å². The summed E-state index contributed by atoms with van der Waals surface area (Å²) in [5, 5.41) is 8.18. The summed E-state index contributed by atoms with van der Waals surface area (Å²) in [5.41, 5.74) is 2.40. The number of nitrogens with one attached hydrogen (secondary N) is 1. The Morgan fingerprint density at radius 3 is 2.94 bits per heavy atom. The molecule has 0 aliphatic carbocycles. The molecule has 1 atom stereocenters. The number of nitrogens with zero attached hydrogens (tertiary/aromatic N) is 2. The maximum absolute atomic E-state index is 5.49. The molecule has 2 heterocycles. The van der Waals surface area contributed by atoms with Crippen LogP contribution >= 0.6 is 15.9 Å². The summed E-state index contributed by atoms with van der Waals surface area (Å²) in [6, 6.07) is 0.482. The zero-order chi connectivity index (χ0) is 13.0. The van der Waals surface area contributed by atoms with Crippen LogP contribution < -0.4 is 5.32 Å². The smallest absolute Gasteiger partial charge is 0.0767 e. The van der Waals surface area contributed by atoms with Crippen molar-refractivity contribution in [1.29, 1.82) is 0 Å². The van der Waals surface area contributed by atoms with Gasteiger partial charge >= 0.3 is 0 Å². The van der Waals surface area contributed by atoms with Crippen molar-refractivity contribution in [2.75, 3.05) is 13.2 Å². The third kappa shape index (κ3) is 3.13. The second-order valence-electron chi connectivity index (χ2n) is 4.67. The lowest BCUT2D eigenvalue weighted by atomic mass is 10.1. The molecule has 18 heavy (non-hydrogen) atoms. The molecule has 0 amide bonds. The molecule has 0 spiro atoms. The molecule has 0 radical (unpaired) electrons. The lowest BCUT2D eigenvalue weighted by Crippen LogP contribution is -2.36. The molecule has 1 aromatic rings. The maximum atomic E-state index is 5.49. The number of aryl methyl sites for hydroxylation is 2. The summed E-state index contributed by atoms with van der Waals surface area (Å²) in [7, 11) is 0. The normalized spacial score (nSPS) is 20.3. The molecule has 0 saturated carbocycles. The summed E-state index contributed by atoms with van der Waals surface area (Å²) in [6.45, 7) is 7.78. The van der Waals surface area contributed by atoms with Crippen LogP contribution in [0.5, 0.6) is 0 Å². The summed E-state index contributed by atoms with van der Waals surface area (Å²) in [6.07, 6.45) is 3.33. The molecule has 0 bridgehead atoms. The minimum Gasteiger partial charge on any atom is -0.380 e. The molecule has 1 saturated heterocycles. The molecule has 1 unspecified atom stereocenters. The number of ether oxygens (including phenoxy) is 1. The van der Waals surface area contributed by atoms with Gasteiger partial charge in [-0.3, -0.25) is 4.68 Å². The van der Waals surface area contributed by atoms with Gasteiger partial charge in [-0.15, -0.1) is 0 Å². The number of halogens is 1. The number of aromatic nitrogens is 2. The van der Waals surface area contributed by atoms with E-state index in [0.29, 0.717) is 6.04 Å². The van der Waals surface area contributed by atoms with Gasteiger partial charge in [0.2, 0.25) is 0 Å². The van der Waals surface area contributed by atoms with E-state index < -0.39 is 0 Å². The van der Waals surface area contributed by atoms with Gasteiger partial charge < -0.3 is 10.1 Å². The van der Waals surface area contributed by atoms with Gasteiger partial charge in [0.25, 0.3) is 0 Å². The average molecular weight is 316 g/mol. The van der Waals surface area contributed by atoms with Crippen LogP contribution in [0, 0.1) is 0 Å². The second kappa shape index (κ2) is 6.68. The highest BCUT2D eigenvalue weighted by molar-refractivity contribution is 9.10. The summed E-state index contributed by atoms with van der Waals surface area (Å²) in [5.74, 6) is 0. The van der Waals surface area contributed by atoms with Crippen LogP contribution in [0.2, 0.25) is 0 Å². The molecule has 1 fully saturated rings. The van der Waals surface area contributed by atoms with Gasteiger partial charge in [0, 0.05) is 25.7 Å². The van der Waals surface area contributed by atoms with Crippen molar-refractivity contribution in [3.8, 4) is 0 Å². The number of hydrogen-bond donors (Lipinski definition) is 1. The van der Waals surface area contributed by atoms with Crippen LogP contribution in [0.1, 0.15) is 38.1 Å². The average Bonchev–Trinajstić information content (AvgIpc) is 2.73. The van der Waals surface area contributed by atoms with Crippen molar-refractivity contribution in [1.82, 2.24) is 15.1 Å². The van der Waals surface area contributed by atoms with Crippen LogP contribution in [0.3, 0.4) is 0 Å². The van der Waals surface area contributed by atoms with Gasteiger partial charge in [0.1, 0.15) is 0 Å². The fraction of sp³-hybridized carbons (Fsp3) is 0.769. The molecule has 102 valence electrons. The van der Waals surface area contributed by atoms with Crippen molar-refractivity contribution < 1.29 is 4.74 Å². The second-order valence-corrected chi connectivity index (χ2v) is 5.46. The molecule has 1 aromatic heterocycles. The van der Waals surface area contributed by atoms with E-state index in [9.17, 15) is 0 Å². The Bertz CT molecular complexity index is 386. The van der Waals surface area contributed by atoms with E-state index in [2.05, 4.69) is 44.9 Å². The van der Waals surface area contributed by atoms with Gasteiger partial charge in [0.15, 0.2) is 0 Å². The standard InChI is InChI=1S/C13H22BrN3O/c1-3-11-13(14)12(17(4-2)16-11)8-15-10-6-5-7-18-9-10/h10,15H,3-9H2,1-2H3. The van der Waals surface area contributed by atoms with E-state index in [1.807, 2.05) is 0 Å². The van der Waals surface area contributed by atoms with E-state index in [0.717, 1.165) is 49.3 Å². The minimum absolute atomic E-state index is 0.482. The fourth-order valence-corrected chi connectivity index (χ4v) is 3.03. The van der Waals surface area contributed by atoms with Crippen molar-refractivity contribution in [3.63, 3.8) is 0 Å². The first-order valence-corrected chi connectivity index (χ1v) is 7.60. The molecular formula is C13H22BrN3O. The predicted octanol–water partition coefficient (Wildman–Crippen LogP) is 2.50. The van der Waals surface area contributed by atoms with Crippen molar-refractivity contribution >= 4 is 15.9 Å². The van der Waals surface area contributed by atoms with E-state index >= 15 is 0 Å². The zero-order valence-electron chi connectivity index (χ0n) is 11.2. The van der Waals surface area contributed by atoms with Gasteiger partial charge in [-0.25, -0.2) is 0 Å². The van der Waals surface area contributed by atoms with Crippen LogP contribution in [0.25, 0.3) is 0 Å². The van der Waals surface area contributed by atoms with Crippen molar-refractivity contribution in [3.05, 3.63) is 15.9 Å². The Morgan fingerprint density at radius 2 is 2.33 bits per heavy atom. The fourth-order valence-electron chi connectivity index (χ4n) is 2.33. The topological polar surface area (TPSA) is 39.1 Å². The lowest BCUT2D eigenvalue weighted by molar-refractivity contribution is 0.0697. The third-order valence-corrected chi connectivity index (χ3v) is 4.33. The van der Waals surface area contributed by atoms with Crippen molar-refractivity contribution in [2.24, 2.45) is 0 Å². The number of hydrogen-bond acceptors (Lipinski definition) is 3. The van der Waals surface area contributed by atoms with Gasteiger partial charge in [0.05, 0.1) is 22.5 Å². The molecule has 1 aliphatic heterocycles. The first kappa shape index (κ1) is 14.0. The van der Waals surface area contributed by atoms with Gasteiger partial charge in [-0.2, -0.15) is 5.10 Å². The largest absolute Gasteiger partial charge is 0.380 e. The Morgan fingerprint density at radius 1 is 1.50 bits per heavy atom. The SMILES string of the molecule is CCc1nn(CC)c(CNC2CCCOC2)c1Br. The molecule has 4 nitrogen and oxygen atoms in total. The molecule has 5 heteroatoms. The number of rotatable bonds is 5. The Labute approximate surface area is 117 Å². The monoisotopic (exact) mass is 315 g/mol. The molecular weight excluding hydrogens is 294 g/mol. The molecule has 1 aliphatic rings. The van der Waals surface area contributed by atoms with E-state index in [-0.39, 0.29) is 0 Å². The zero-order valence-corrected chi connectivity index (χ0v) is 12.8. The Kier molecular flexibility index (Phi) is 5.21. The molecule has 0 aromatic carbocycles. The summed E-state index contributed by atoms with van der Waals surface area (Å²) < 4.78 is 8.73. The highest BCUT2D eigenvalue weighted by atomic mass is 79.9. The van der Waals surface area contributed by atoms with Crippen LogP contribution in [-0.2, 0) is 24.2 Å². The van der Waals surface area contributed by atoms with Crippen LogP contribution in [0.4, 0.5) is 0 Å². The van der Waals surface area contributed by atoms with Crippen LogP contribution in [0.15, 0.2) is 4.47 Å². The highest BCUT2D eigenvalue weighted by Crippen LogP contribution is 2.22. The molecule has 2 rings (SSSR count). The first-order chi connectivity index (χ1) is 8.76. The minimum atomic E-state index is 0.482. The lowest BCUT2D eigenvalue weighted by Gasteiger charge is -2.23. The molecule has 1 N–H and O–H groups in total. The quantitative estimate of drug-likeness (QED) is 0.907. The first-order valence-electron chi connectivity index (χ1n) is 6.81. The van der Waals surface area contributed by atoms with E-state index in [4.69, 9.17) is 4.74 Å². The van der Waals surface area contributed by atoms with Gasteiger partial charge in [-0.1, -0.05) is 6.92 Å². The Hall–Kier alpha value is -0.390. The van der Waals surface area contributed by atoms with E-state index in [1.165, 1.54) is 12.1 Å². The predicted molar refractivity (Wildman–Crippen MR) is 75.7 cm³/mol. The van der Waals surface area contributed by atoms with Crippen LogP contribution in [-0.4, -0.2) is 29.0 Å². The summed E-state index contributed by atoms with van der Waals surface area (Å²) >= 11 is 3.67. The highest BCUT2D eigenvalue weighted by Gasteiger charge is 2.17. The summed E-state index contributed by atoms with van der Waals surface area (Å²) in [4.78, 5) is 0. The van der Waals surface area contributed by atoms with E-state index in [1.54, 1.807) is 0 Å². The Balaban J connectivity index is 2.01. The van der Waals surface area contributed by atoms with Gasteiger partial charge in [-0.05, 0) is 42.1 Å². The third-order valence-electron chi connectivity index (χ3n) is 3.41. The maximum Gasteiger partial charge on any atom is 0.0767 e.